The van der Waals surface area contributed by atoms with Gasteiger partial charge in [-0.25, -0.2) is 4.39 Å². The Morgan fingerprint density at radius 2 is 2.25 bits per heavy atom. The van der Waals surface area contributed by atoms with Crippen molar-refractivity contribution in [3.05, 3.63) is 26.2 Å². The Balaban J connectivity index is 2.58. The SMILES string of the molecule is Cc1sc2c(c1Cl)CCC(F)=C2. The largest absolute Gasteiger partial charge is 0.212 e. The number of allylic oxidation sites excluding steroid dienone is 1. The summed E-state index contributed by atoms with van der Waals surface area (Å²) in [5, 5.41) is 0.832. The average Bonchev–Trinajstić information content (AvgIpc) is 2.28. The van der Waals surface area contributed by atoms with E-state index < -0.39 is 0 Å². The molecule has 0 aromatic carbocycles. The second kappa shape index (κ2) is 2.86. The lowest BCUT2D eigenvalue weighted by Crippen LogP contribution is -1.92. The van der Waals surface area contributed by atoms with E-state index in [-0.39, 0.29) is 5.83 Å². The number of rotatable bonds is 0. The van der Waals surface area contributed by atoms with E-state index in [1.807, 2.05) is 6.92 Å². The lowest BCUT2D eigenvalue weighted by Gasteiger charge is -2.06. The van der Waals surface area contributed by atoms with Gasteiger partial charge in [0.05, 0.1) is 5.02 Å². The third kappa shape index (κ3) is 1.19. The zero-order valence-corrected chi connectivity index (χ0v) is 8.23. The van der Waals surface area contributed by atoms with Crippen LogP contribution < -0.4 is 0 Å². The van der Waals surface area contributed by atoms with Crippen molar-refractivity contribution in [2.45, 2.75) is 19.8 Å². The summed E-state index contributed by atoms with van der Waals surface area (Å²) in [7, 11) is 0. The number of hydrogen-bond acceptors (Lipinski definition) is 1. The molecule has 1 aliphatic carbocycles. The van der Waals surface area contributed by atoms with Crippen LogP contribution in [0.15, 0.2) is 5.83 Å². The van der Waals surface area contributed by atoms with Gasteiger partial charge in [-0.1, -0.05) is 11.6 Å². The van der Waals surface area contributed by atoms with Crippen LogP contribution in [0, 0.1) is 6.92 Å². The number of aryl methyl sites for hydroxylation is 1. The number of thiophene rings is 1. The molecule has 1 aromatic heterocycles. The molecular weight excluding hydrogens is 195 g/mol. The van der Waals surface area contributed by atoms with Crippen LogP contribution in [-0.4, -0.2) is 0 Å². The smallest absolute Gasteiger partial charge is 0.102 e. The van der Waals surface area contributed by atoms with Crippen molar-refractivity contribution in [2.75, 3.05) is 0 Å². The van der Waals surface area contributed by atoms with Crippen molar-refractivity contribution in [2.24, 2.45) is 0 Å². The normalized spacial score (nSPS) is 15.8. The lowest BCUT2D eigenvalue weighted by molar-refractivity contribution is 0.592. The van der Waals surface area contributed by atoms with E-state index in [1.54, 1.807) is 17.4 Å². The molecule has 0 fully saturated rings. The van der Waals surface area contributed by atoms with E-state index in [0.717, 1.165) is 26.8 Å². The predicted molar refractivity (Wildman–Crippen MR) is 51.5 cm³/mol. The number of fused-ring (bicyclic) bond motifs is 1. The molecule has 0 atom stereocenters. The van der Waals surface area contributed by atoms with Gasteiger partial charge in [0, 0.05) is 16.2 Å². The minimum atomic E-state index is -0.0274. The van der Waals surface area contributed by atoms with Crippen LogP contribution in [0.5, 0.6) is 0 Å². The van der Waals surface area contributed by atoms with Crippen LogP contribution in [0.1, 0.15) is 21.7 Å². The number of hydrogen-bond donors (Lipinski definition) is 0. The van der Waals surface area contributed by atoms with Crippen molar-refractivity contribution >= 4 is 29.0 Å². The summed E-state index contributed by atoms with van der Waals surface area (Å²) < 4.78 is 12.8. The van der Waals surface area contributed by atoms with Crippen molar-refractivity contribution in [3.8, 4) is 0 Å². The van der Waals surface area contributed by atoms with E-state index >= 15 is 0 Å². The molecule has 2 rings (SSSR count). The molecule has 0 nitrogen and oxygen atoms in total. The third-order valence-corrected chi connectivity index (χ3v) is 3.75. The fourth-order valence-corrected chi connectivity index (χ4v) is 2.83. The second-order valence-electron chi connectivity index (χ2n) is 2.91. The first kappa shape index (κ1) is 8.27. The van der Waals surface area contributed by atoms with E-state index in [1.165, 1.54) is 0 Å². The highest BCUT2D eigenvalue weighted by Crippen LogP contribution is 2.38. The molecule has 0 saturated carbocycles. The molecule has 1 aromatic rings. The molecule has 0 amide bonds. The van der Waals surface area contributed by atoms with Crippen molar-refractivity contribution in [3.63, 3.8) is 0 Å². The zero-order valence-electron chi connectivity index (χ0n) is 6.66. The molecule has 12 heavy (non-hydrogen) atoms. The van der Waals surface area contributed by atoms with Gasteiger partial charge in [-0.3, -0.25) is 0 Å². The van der Waals surface area contributed by atoms with Crippen LogP contribution >= 0.6 is 22.9 Å². The molecule has 0 aliphatic heterocycles. The Kier molecular flexibility index (Phi) is 1.97. The molecule has 1 aliphatic rings. The van der Waals surface area contributed by atoms with Crippen LogP contribution in [0.25, 0.3) is 6.08 Å². The highest BCUT2D eigenvalue weighted by molar-refractivity contribution is 7.13. The summed E-state index contributed by atoms with van der Waals surface area (Å²) in [6.45, 7) is 1.97. The minimum absolute atomic E-state index is 0.0274. The molecular formula is C9H8ClFS. The quantitative estimate of drug-likeness (QED) is 0.597. The summed E-state index contributed by atoms with van der Waals surface area (Å²) in [4.78, 5) is 2.09. The maximum Gasteiger partial charge on any atom is 0.102 e. The van der Waals surface area contributed by atoms with E-state index in [9.17, 15) is 4.39 Å². The molecule has 0 spiro atoms. The highest BCUT2D eigenvalue weighted by atomic mass is 35.5. The molecule has 0 unspecified atom stereocenters. The summed E-state index contributed by atoms with van der Waals surface area (Å²) in [6.07, 6.45) is 2.85. The summed E-state index contributed by atoms with van der Waals surface area (Å²) >= 11 is 7.61. The molecule has 0 N–H and O–H groups in total. The van der Waals surface area contributed by atoms with Crippen molar-refractivity contribution in [1.82, 2.24) is 0 Å². The number of halogens is 2. The molecule has 64 valence electrons. The third-order valence-electron chi connectivity index (χ3n) is 2.04. The van der Waals surface area contributed by atoms with Crippen LogP contribution in [0.4, 0.5) is 4.39 Å². The Morgan fingerprint density at radius 1 is 1.50 bits per heavy atom. The highest BCUT2D eigenvalue weighted by Gasteiger charge is 2.17. The first-order chi connectivity index (χ1) is 5.68. The van der Waals surface area contributed by atoms with Crippen molar-refractivity contribution in [1.29, 1.82) is 0 Å². The van der Waals surface area contributed by atoms with Gasteiger partial charge in [-0.2, -0.15) is 0 Å². The summed E-state index contributed by atoms with van der Waals surface area (Å²) in [5.41, 5.74) is 1.13. The van der Waals surface area contributed by atoms with Crippen LogP contribution in [-0.2, 0) is 6.42 Å². The van der Waals surface area contributed by atoms with E-state index in [2.05, 4.69) is 0 Å². The zero-order chi connectivity index (χ0) is 8.72. The van der Waals surface area contributed by atoms with Gasteiger partial charge in [0.2, 0.25) is 0 Å². The first-order valence-electron chi connectivity index (χ1n) is 3.82. The Hall–Kier alpha value is -0.340. The van der Waals surface area contributed by atoms with Gasteiger partial charge in [0.25, 0.3) is 0 Å². The van der Waals surface area contributed by atoms with Gasteiger partial charge in [-0.05, 0) is 25.0 Å². The van der Waals surface area contributed by atoms with Gasteiger partial charge >= 0.3 is 0 Å². The standard InChI is InChI=1S/C9H8ClFS/c1-5-9(10)7-3-2-6(11)4-8(7)12-5/h4H,2-3H2,1H3. The van der Waals surface area contributed by atoms with Gasteiger partial charge < -0.3 is 0 Å². The summed E-state index contributed by atoms with van der Waals surface area (Å²) in [5.74, 6) is -0.0274. The van der Waals surface area contributed by atoms with Gasteiger partial charge in [-0.15, -0.1) is 11.3 Å². The van der Waals surface area contributed by atoms with Gasteiger partial charge in [0.15, 0.2) is 0 Å². The molecule has 0 radical (unpaired) electrons. The molecule has 0 bridgehead atoms. The molecule has 3 heteroatoms. The summed E-state index contributed by atoms with van der Waals surface area (Å²) in [6, 6.07) is 0. The molecule has 0 saturated heterocycles. The van der Waals surface area contributed by atoms with Crippen LogP contribution in [0.2, 0.25) is 5.02 Å². The molecule has 1 heterocycles. The van der Waals surface area contributed by atoms with Crippen molar-refractivity contribution < 1.29 is 4.39 Å². The Bertz CT molecular complexity index is 352. The van der Waals surface area contributed by atoms with E-state index in [0.29, 0.717) is 6.42 Å². The second-order valence-corrected chi connectivity index (χ2v) is 4.54. The maximum atomic E-state index is 12.8. The van der Waals surface area contributed by atoms with E-state index in [4.69, 9.17) is 11.6 Å². The Labute approximate surface area is 79.7 Å². The monoisotopic (exact) mass is 202 g/mol. The average molecular weight is 203 g/mol. The topological polar surface area (TPSA) is 0 Å². The fourth-order valence-electron chi connectivity index (χ4n) is 1.40. The van der Waals surface area contributed by atoms with Crippen LogP contribution in [0.3, 0.4) is 0 Å². The lowest BCUT2D eigenvalue weighted by atomic mass is 10.0. The maximum absolute atomic E-state index is 12.8. The predicted octanol–water partition coefficient (Wildman–Crippen LogP) is 3.97. The fraction of sp³-hybridized carbons (Fsp3) is 0.333. The first-order valence-corrected chi connectivity index (χ1v) is 5.02. The Morgan fingerprint density at radius 3 is 3.00 bits per heavy atom. The minimum Gasteiger partial charge on any atom is -0.212 e. The van der Waals surface area contributed by atoms with Gasteiger partial charge in [0.1, 0.15) is 5.83 Å².